The van der Waals surface area contributed by atoms with Gasteiger partial charge in [0.1, 0.15) is 24.4 Å². The normalized spacial score (nSPS) is 34.2. The summed E-state index contributed by atoms with van der Waals surface area (Å²) in [6, 6.07) is 8.91. The van der Waals surface area contributed by atoms with Crippen LogP contribution in [0.25, 0.3) is 0 Å². The molecule has 0 unspecified atom stereocenters. The number of hydrogen-bond acceptors (Lipinski definition) is 6. The van der Waals surface area contributed by atoms with Gasteiger partial charge in [-0.3, -0.25) is 4.79 Å². The molecule has 0 saturated carbocycles. The molecular formula is C18H25NO6. The van der Waals surface area contributed by atoms with Crippen molar-refractivity contribution in [3.63, 3.8) is 0 Å². The van der Waals surface area contributed by atoms with Crippen molar-refractivity contribution in [1.82, 2.24) is 5.32 Å². The smallest absolute Gasteiger partial charge is 0.217 e. The predicted octanol–water partition coefficient (Wildman–Crippen LogP) is 0.945. The molecule has 5 atom stereocenters. The molecule has 138 valence electrons. The molecule has 1 aromatic carbocycles. The Hall–Kier alpha value is -1.51. The van der Waals surface area contributed by atoms with E-state index in [0.717, 1.165) is 5.56 Å². The van der Waals surface area contributed by atoms with Crippen molar-refractivity contribution < 1.29 is 28.8 Å². The van der Waals surface area contributed by atoms with E-state index in [1.54, 1.807) is 13.8 Å². The van der Waals surface area contributed by atoms with Gasteiger partial charge in [-0.15, -0.1) is 0 Å². The standard InChI is InChI=1S/C18H25NO6/c1-11(20)19-14-15(21)16-13(10-23-18(2,3)25-16)24-17(14)22-9-12-7-5-4-6-8-12/h4-8,13-17,21H,9-10H2,1-3H3,(H,19,20)/t13-,14+,15+,16+,17-/m1/s1. The Labute approximate surface area is 147 Å². The minimum absolute atomic E-state index is 0.272. The van der Waals surface area contributed by atoms with Gasteiger partial charge < -0.3 is 29.4 Å². The molecule has 1 aromatic rings. The Morgan fingerprint density at radius 2 is 2.08 bits per heavy atom. The lowest BCUT2D eigenvalue weighted by atomic mass is 9.95. The molecule has 2 aliphatic rings. The van der Waals surface area contributed by atoms with E-state index in [4.69, 9.17) is 18.9 Å². The predicted molar refractivity (Wildman–Crippen MR) is 88.4 cm³/mol. The number of ether oxygens (including phenoxy) is 4. The molecule has 2 saturated heterocycles. The van der Waals surface area contributed by atoms with Gasteiger partial charge in [-0.2, -0.15) is 0 Å². The van der Waals surface area contributed by atoms with Crippen molar-refractivity contribution >= 4 is 5.91 Å². The highest BCUT2D eigenvalue weighted by atomic mass is 16.8. The zero-order chi connectivity index (χ0) is 18.0. The summed E-state index contributed by atoms with van der Waals surface area (Å²) in [5, 5.41) is 13.5. The molecule has 0 aliphatic carbocycles. The highest BCUT2D eigenvalue weighted by molar-refractivity contribution is 5.73. The van der Waals surface area contributed by atoms with E-state index in [0.29, 0.717) is 6.61 Å². The summed E-state index contributed by atoms with van der Waals surface area (Å²) in [4.78, 5) is 11.6. The summed E-state index contributed by atoms with van der Waals surface area (Å²) in [7, 11) is 0. The third-order valence-corrected chi connectivity index (χ3v) is 4.32. The van der Waals surface area contributed by atoms with Crippen molar-refractivity contribution in [3.05, 3.63) is 35.9 Å². The summed E-state index contributed by atoms with van der Waals surface area (Å²) in [6.07, 6.45) is -2.83. The lowest BCUT2D eigenvalue weighted by Gasteiger charge is -2.49. The first-order valence-electron chi connectivity index (χ1n) is 8.44. The summed E-state index contributed by atoms with van der Waals surface area (Å²) < 4.78 is 23.2. The van der Waals surface area contributed by atoms with Crippen LogP contribution in [0, 0.1) is 0 Å². The SMILES string of the molecule is CC(=O)N[C@@H]1[C@H](OCc2ccccc2)O[C@@H]2COC(C)(C)O[C@@H]2[C@H]1O. The molecule has 2 fully saturated rings. The third kappa shape index (κ3) is 4.37. The quantitative estimate of drug-likeness (QED) is 0.840. The Balaban J connectivity index is 1.73. The number of aliphatic hydroxyl groups is 1. The van der Waals surface area contributed by atoms with E-state index in [-0.39, 0.29) is 12.5 Å². The van der Waals surface area contributed by atoms with Gasteiger partial charge in [0.05, 0.1) is 13.2 Å². The zero-order valence-corrected chi connectivity index (χ0v) is 14.7. The molecule has 0 bridgehead atoms. The zero-order valence-electron chi connectivity index (χ0n) is 14.7. The minimum atomic E-state index is -0.966. The first-order chi connectivity index (χ1) is 11.9. The minimum Gasteiger partial charge on any atom is -0.388 e. The summed E-state index contributed by atoms with van der Waals surface area (Å²) in [5.74, 6) is -1.09. The molecule has 0 radical (unpaired) electrons. The van der Waals surface area contributed by atoms with E-state index in [1.807, 2.05) is 30.3 Å². The lowest BCUT2D eigenvalue weighted by Crippen LogP contribution is -2.68. The Kier molecular flexibility index (Phi) is 5.41. The van der Waals surface area contributed by atoms with E-state index in [1.165, 1.54) is 6.92 Å². The monoisotopic (exact) mass is 351 g/mol. The molecule has 25 heavy (non-hydrogen) atoms. The fourth-order valence-corrected chi connectivity index (χ4v) is 3.13. The maximum Gasteiger partial charge on any atom is 0.217 e. The Bertz CT molecular complexity index is 592. The Morgan fingerprint density at radius 1 is 1.36 bits per heavy atom. The second kappa shape index (κ2) is 7.39. The van der Waals surface area contributed by atoms with Crippen LogP contribution < -0.4 is 5.32 Å². The molecule has 1 amide bonds. The second-order valence-electron chi connectivity index (χ2n) is 6.85. The number of amides is 1. The lowest BCUT2D eigenvalue weighted by molar-refractivity contribution is -0.369. The summed E-state index contributed by atoms with van der Waals surface area (Å²) in [6.45, 7) is 5.54. The van der Waals surface area contributed by atoms with Crippen LogP contribution in [-0.2, 0) is 30.3 Å². The van der Waals surface area contributed by atoms with Crippen LogP contribution >= 0.6 is 0 Å². The van der Waals surface area contributed by atoms with Crippen LogP contribution in [0.15, 0.2) is 30.3 Å². The molecule has 3 rings (SSSR count). The van der Waals surface area contributed by atoms with E-state index in [2.05, 4.69) is 5.32 Å². The first-order valence-corrected chi connectivity index (χ1v) is 8.44. The average molecular weight is 351 g/mol. The summed E-state index contributed by atoms with van der Waals surface area (Å²) >= 11 is 0. The fourth-order valence-electron chi connectivity index (χ4n) is 3.13. The number of aliphatic hydroxyl groups excluding tert-OH is 1. The second-order valence-corrected chi connectivity index (χ2v) is 6.85. The molecule has 0 aromatic heterocycles. The average Bonchev–Trinajstić information content (AvgIpc) is 2.57. The van der Waals surface area contributed by atoms with Gasteiger partial charge in [-0.05, 0) is 19.4 Å². The van der Waals surface area contributed by atoms with Gasteiger partial charge in [0.2, 0.25) is 5.91 Å². The molecule has 2 heterocycles. The number of hydrogen-bond donors (Lipinski definition) is 2. The van der Waals surface area contributed by atoms with Crippen molar-refractivity contribution in [2.45, 2.75) is 63.8 Å². The van der Waals surface area contributed by atoms with Crippen LogP contribution in [0.5, 0.6) is 0 Å². The maximum absolute atomic E-state index is 11.6. The highest BCUT2D eigenvalue weighted by Crippen LogP contribution is 2.33. The maximum atomic E-state index is 11.6. The van der Waals surface area contributed by atoms with E-state index in [9.17, 15) is 9.90 Å². The van der Waals surface area contributed by atoms with Crippen LogP contribution in [0.2, 0.25) is 0 Å². The van der Waals surface area contributed by atoms with E-state index < -0.39 is 36.4 Å². The highest BCUT2D eigenvalue weighted by Gasteiger charge is 2.51. The Morgan fingerprint density at radius 3 is 2.76 bits per heavy atom. The van der Waals surface area contributed by atoms with Gasteiger partial charge in [-0.1, -0.05) is 30.3 Å². The fraction of sp³-hybridized carbons (Fsp3) is 0.611. The van der Waals surface area contributed by atoms with Crippen LogP contribution in [0.1, 0.15) is 26.3 Å². The molecular weight excluding hydrogens is 326 g/mol. The largest absolute Gasteiger partial charge is 0.388 e. The van der Waals surface area contributed by atoms with Crippen molar-refractivity contribution in [1.29, 1.82) is 0 Å². The van der Waals surface area contributed by atoms with E-state index >= 15 is 0 Å². The van der Waals surface area contributed by atoms with Gasteiger partial charge in [0.25, 0.3) is 0 Å². The molecule has 2 N–H and O–H groups in total. The molecule has 2 aliphatic heterocycles. The molecule has 7 nitrogen and oxygen atoms in total. The molecule has 0 spiro atoms. The van der Waals surface area contributed by atoms with Crippen LogP contribution in [-0.4, -0.2) is 54.1 Å². The van der Waals surface area contributed by atoms with Crippen molar-refractivity contribution in [3.8, 4) is 0 Å². The number of benzene rings is 1. The van der Waals surface area contributed by atoms with Gasteiger partial charge in [0.15, 0.2) is 12.1 Å². The molecule has 7 heteroatoms. The van der Waals surface area contributed by atoms with Gasteiger partial charge in [-0.25, -0.2) is 0 Å². The van der Waals surface area contributed by atoms with Crippen LogP contribution in [0.4, 0.5) is 0 Å². The number of fused-ring (bicyclic) bond motifs is 1. The van der Waals surface area contributed by atoms with Crippen molar-refractivity contribution in [2.24, 2.45) is 0 Å². The van der Waals surface area contributed by atoms with Crippen molar-refractivity contribution in [2.75, 3.05) is 6.61 Å². The summed E-state index contributed by atoms with van der Waals surface area (Å²) in [5.41, 5.74) is 0.974. The number of nitrogens with one attached hydrogen (secondary N) is 1. The number of rotatable bonds is 4. The van der Waals surface area contributed by atoms with Gasteiger partial charge >= 0.3 is 0 Å². The first kappa shape index (κ1) is 18.3. The number of carbonyl (C=O) groups excluding carboxylic acids is 1. The van der Waals surface area contributed by atoms with Crippen LogP contribution in [0.3, 0.4) is 0 Å². The number of carbonyl (C=O) groups is 1. The van der Waals surface area contributed by atoms with Gasteiger partial charge in [0, 0.05) is 6.92 Å². The third-order valence-electron chi connectivity index (χ3n) is 4.32. The topological polar surface area (TPSA) is 86.3 Å².